The number of rotatable bonds is 2. The van der Waals surface area contributed by atoms with Gasteiger partial charge in [0.05, 0.1) is 17.1 Å². The Kier molecular flexibility index (Phi) is 3.29. The van der Waals surface area contributed by atoms with E-state index in [0.717, 1.165) is 40.3 Å². The molecule has 20 heavy (non-hydrogen) atoms. The maximum Gasteiger partial charge on any atom is 0.323 e. The van der Waals surface area contributed by atoms with Crippen molar-refractivity contribution in [1.82, 2.24) is 9.97 Å². The van der Waals surface area contributed by atoms with Crippen LogP contribution in [0.1, 0.15) is 44.8 Å². The molecule has 3 rings (SSSR count). The smallest absolute Gasteiger partial charge is 0.323 e. The van der Waals surface area contributed by atoms with Crippen molar-refractivity contribution < 1.29 is 5.11 Å². The number of aromatic amines is 2. The molecule has 1 aliphatic carbocycles. The quantitative estimate of drug-likeness (QED) is 0.784. The summed E-state index contributed by atoms with van der Waals surface area (Å²) in [5.74, 6) is 0.252. The van der Waals surface area contributed by atoms with E-state index < -0.39 is 6.10 Å². The van der Waals surface area contributed by atoms with Crippen LogP contribution in [0.2, 0.25) is 0 Å². The monoisotopic (exact) mass is 338 g/mol. The van der Waals surface area contributed by atoms with Crippen LogP contribution in [0.3, 0.4) is 0 Å². The van der Waals surface area contributed by atoms with Crippen molar-refractivity contribution in [2.24, 2.45) is 11.3 Å². The molecule has 4 nitrogen and oxygen atoms in total. The highest BCUT2D eigenvalue weighted by Gasteiger charge is 2.40. The van der Waals surface area contributed by atoms with Crippen LogP contribution in [-0.2, 0) is 0 Å². The Balaban J connectivity index is 2.04. The molecule has 0 aliphatic heterocycles. The van der Waals surface area contributed by atoms with E-state index in [2.05, 4.69) is 39.7 Å². The number of imidazole rings is 1. The second-order valence-electron chi connectivity index (χ2n) is 6.43. The van der Waals surface area contributed by atoms with Crippen LogP contribution in [0.5, 0.6) is 0 Å². The van der Waals surface area contributed by atoms with Gasteiger partial charge in [0.15, 0.2) is 0 Å². The lowest BCUT2D eigenvalue weighted by molar-refractivity contribution is 0.0527. The fourth-order valence-electron chi connectivity index (χ4n) is 3.46. The third kappa shape index (κ3) is 2.23. The molecule has 1 aromatic carbocycles. The van der Waals surface area contributed by atoms with E-state index in [0.29, 0.717) is 0 Å². The van der Waals surface area contributed by atoms with Gasteiger partial charge in [-0.25, -0.2) is 4.79 Å². The van der Waals surface area contributed by atoms with Crippen LogP contribution in [0, 0.1) is 11.3 Å². The number of nitrogens with one attached hydrogen (secondary N) is 2. The van der Waals surface area contributed by atoms with Gasteiger partial charge in [-0.1, -0.05) is 36.2 Å². The average Bonchev–Trinajstić information content (AvgIpc) is 2.88. The third-order valence-electron chi connectivity index (χ3n) is 4.67. The first-order valence-electron chi connectivity index (χ1n) is 6.98. The molecule has 1 heterocycles. The van der Waals surface area contributed by atoms with Crippen LogP contribution in [0.25, 0.3) is 11.0 Å². The number of hydrogen-bond donors (Lipinski definition) is 3. The minimum absolute atomic E-state index is 0.152. The Morgan fingerprint density at radius 1 is 1.35 bits per heavy atom. The molecule has 2 atom stereocenters. The first-order chi connectivity index (χ1) is 9.38. The zero-order valence-corrected chi connectivity index (χ0v) is 13.3. The van der Waals surface area contributed by atoms with Gasteiger partial charge < -0.3 is 15.1 Å². The third-order valence-corrected chi connectivity index (χ3v) is 5.36. The molecule has 0 bridgehead atoms. The number of aromatic nitrogens is 2. The molecule has 5 heteroatoms. The summed E-state index contributed by atoms with van der Waals surface area (Å²) in [5.41, 5.74) is 2.28. The van der Waals surface area contributed by atoms with Crippen molar-refractivity contribution >= 4 is 27.0 Å². The zero-order chi connectivity index (χ0) is 14.5. The van der Waals surface area contributed by atoms with Crippen LogP contribution in [-0.4, -0.2) is 15.1 Å². The number of hydrogen-bond acceptors (Lipinski definition) is 2. The van der Waals surface area contributed by atoms with Crippen LogP contribution in [0.4, 0.5) is 0 Å². The highest BCUT2D eigenvalue weighted by molar-refractivity contribution is 9.10. The summed E-state index contributed by atoms with van der Waals surface area (Å²) in [6, 6.07) is 3.73. The van der Waals surface area contributed by atoms with Gasteiger partial charge in [-0.2, -0.15) is 0 Å². The summed E-state index contributed by atoms with van der Waals surface area (Å²) in [6.45, 7) is 4.44. The zero-order valence-electron chi connectivity index (χ0n) is 11.7. The first-order valence-corrected chi connectivity index (χ1v) is 7.77. The number of aliphatic hydroxyl groups is 1. The van der Waals surface area contributed by atoms with Crippen LogP contribution >= 0.6 is 15.9 Å². The number of H-pyrrole nitrogens is 2. The Hall–Kier alpha value is -1.07. The molecule has 1 saturated carbocycles. The summed E-state index contributed by atoms with van der Waals surface area (Å²) in [7, 11) is 0. The summed E-state index contributed by atoms with van der Waals surface area (Å²) in [6.07, 6.45) is 2.85. The predicted octanol–water partition coefficient (Wildman–Crippen LogP) is 3.48. The minimum Gasteiger partial charge on any atom is -0.388 e. The molecule has 1 aromatic heterocycles. The average molecular weight is 339 g/mol. The molecule has 0 spiro atoms. The Bertz CT molecular complexity index is 701. The molecule has 1 aliphatic rings. The van der Waals surface area contributed by atoms with Crippen molar-refractivity contribution in [3.8, 4) is 0 Å². The van der Waals surface area contributed by atoms with Gasteiger partial charge in [0.2, 0.25) is 0 Å². The fourth-order valence-corrected chi connectivity index (χ4v) is 4.03. The largest absolute Gasteiger partial charge is 0.388 e. The highest BCUT2D eigenvalue weighted by Crippen LogP contribution is 2.49. The molecule has 2 aromatic rings. The lowest BCUT2D eigenvalue weighted by Gasteiger charge is -2.31. The van der Waals surface area contributed by atoms with Crippen molar-refractivity contribution in [2.75, 3.05) is 0 Å². The van der Waals surface area contributed by atoms with Gasteiger partial charge >= 0.3 is 5.69 Å². The minimum atomic E-state index is -0.510. The van der Waals surface area contributed by atoms with E-state index in [1.165, 1.54) is 0 Å². The summed E-state index contributed by atoms with van der Waals surface area (Å²) < 4.78 is 0.843. The van der Waals surface area contributed by atoms with Crippen LogP contribution < -0.4 is 5.69 Å². The van der Waals surface area contributed by atoms with Crippen LogP contribution in [0.15, 0.2) is 21.4 Å². The normalized spacial score (nSPS) is 23.3. The second-order valence-corrected chi connectivity index (χ2v) is 7.28. The Labute approximate surface area is 125 Å². The predicted molar refractivity (Wildman–Crippen MR) is 82.7 cm³/mol. The molecule has 2 unspecified atom stereocenters. The topological polar surface area (TPSA) is 68.9 Å². The number of fused-ring (bicyclic) bond motifs is 1. The Morgan fingerprint density at radius 3 is 2.60 bits per heavy atom. The summed E-state index contributed by atoms with van der Waals surface area (Å²) in [5, 5.41) is 10.8. The number of benzene rings is 1. The number of halogens is 1. The Morgan fingerprint density at radius 2 is 2.00 bits per heavy atom. The van der Waals surface area contributed by atoms with E-state index in [-0.39, 0.29) is 17.0 Å². The van der Waals surface area contributed by atoms with Gasteiger partial charge in [0.1, 0.15) is 0 Å². The van der Waals surface area contributed by atoms with E-state index >= 15 is 0 Å². The van der Waals surface area contributed by atoms with E-state index in [1.54, 1.807) is 0 Å². The second kappa shape index (κ2) is 4.74. The lowest BCUT2D eigenvalue weighted by atomic mass is 9.77. The molecule has 0 radical (unpaired) electrons. The van der Waals surface area contributed by atoms with E-state index in [1.807, 2.05) is 12.1 Å². The van der Waals surface area contributed by atoms with Gasteiger partial charge in [0.25, 0.3) is 0 Å². The first kappa shape index (κ1) is 13.9. The maximum absolute atomic E-state index is 11.4. The van der Waals surface area contributed by atoms with E-state index in [4.69, 9.17) is 0 Å². The van der Waals surface area contributed by atoms with E-state index in [9.17, 15) is 9.90 Å². The van der Waals surface area contributed by atoms with Crippen molar-refractivity contribution in [1.29, 1.82) is 0 Å². The SMILES string of the molecule is CC1(C)CCCC1C(O)c1cc2[nH]c(=O)[nH]c2cc1Br. The molecule has 108 valence electrons. The molecule has 3 N–H and O–H groups in total. The number of aliphatic hydroxyl groups excluding tert-OH is 1. The maximum atomic E-state index is 11.4. The molecule has 1 fully saturated rings. The van der Waals surface area contributed by atoms with Gasteiger partial charge in [-0.3, -0.25) is 0 Å². The van der Waals surface area contributed by atoms with Crippen molar-refractivity contribution in [3.63, 3.8) is 0 Å². The summed E-state index contributed by atoms with van der Waals surface area (Å²) >= 11 is 3.52. The molecular formula is C15H19BrN2O2. The standard InChI is InChI=1S/C15H19BrN2O2/c1-15(2)5-3-4-9(15)13(19)8-6-11-12(7-10(8)16)18-14(20)17-11/h6-7,9,13,19H,3-5H2,1-2H3,(H2,17,18,20). The molecule has 0 amide bonds. The highest BCUT2D eigenvalue weighted by atomic mass is 79.9. The van der Waals surface area contributed by atoms with Gasteiger partial charge in [-0.05, 0) is 41.9 Å². The molecule has 0 saturated heterocycles. The fraction of sp³-hybridized carbons (Fsp3) is 0.533. The van der Waals surface area contributed by atoms with Crippen molar-refractivity contribution in [2.45, 2.75) is 39.2 Å². The van der Waals surface area contributed by atoms with Crippen molar-refractivity contribution in [3.05, 3.63) is 32.7 Å². The lowest BCUT2D eigenvalue weighted by Crippen LogP contribution is -2.24. The van der Waals surface area contributed by atoms with Gasteiger partial charge in [-0.15, -0.1) is 0 Å². The summed E-state index contributed by atoms with van der Waals surface area (Å²) in [4.78, 5) is 16.8. The van der Waals surface area contributed by atoms with Gasteiger partial charge in [0, 0.05) is 4.47 Å². The molecular weight excluding hydrogens is 320 g/mol.